The van der Waals surface area contributed by atoms with E-state index in [4.69, 9.17) is 5.26 Å². The molecule has 1 aromatic heterocycles. The highest BCUT2D eigenvalue weighted by Gasteiger charge is 2.16. The number of hydrogen-bond donors (Lipinski definition) is 0. The second-order valence-electron chi connectivity index (χ2n) is 4.12. The van der Waals surface area contributed by atoms with Crippen LogP contribution in [0.15, 0.2) is 22.7 Å². The third kappa shape index (κ3) is 2.41. The zero-order chi connectivity index (χ0) is 14.0. The number of nitrogens with zero attached hydrogens (tertiary/aromatic N) is 3. The lowest BCUT2D eigenvalue weighted by Crippen LogP contribution is -2.05. The van der Waals surface area contributed by atoms with Gasteiger partial charge in [0.2, 0.25) is 0 Å². The number of aryl methyl sites for hydroxylation is 2. The molecule has 0 spiro atoms. The number of nitriles is 1. The minimum Gasteiger partial charge on any atom is -0.235 e. The first-order chi connectivity index (χ1) is 9.12. The van der Waals surface area contributed by atoms with E-state index in [1.54, 1.807) is 16.8 Å². The Morgan fingerprint density at radius 3 is 2.68 bits per heavy atom. The van der Waals surface area contributed by atoms with Crippen LogP contribution < -0.4 is 0 Å². The molecule has 0 N–H and O–H groups in total. The Morgan fingerprint density at radius 2 is 2.11 bits per heavy atom. The van der Waals surface area contributed by atoms with Crippen LogP contribution in [0.25, 0.3) is 5.69 Å². The van der Waals surface area contributed by atoms with Crippen molar-refractivity contribution in [2.45, 2.75) is 26.7 Å². The fourth-order valence-electron chi connectivity index (χ4n) is 1.90. The van der Waals surface area contributed by atoms with E-state index >= 15 is 0 Å². The van der Waals surface area contributed by atoms with Crippen LogP contribution in [0, 0.1) is 17.1 Å². The maximum Gasteiger partial charge on any atom is 0.164 e. The Morgan fingerprint density at radius 1 is 1.37 bits per heavy atom. The first kappa shape index (κ1) is 13.8. The summed E-state index contributed by atoms with van der Waals surface area (Å²) in [6.45, 7) is 4.01. The lowest BCUT2D eigenvalue weighted by Gasteiger charge is -2.09. The summed E-state index contributed by atoms with van der Waals surface area (Å²) < 4.78 is 16.1. The number of rotatable bonds is 3. The molecule has 0 saturated heterocycles. The van der Waals surface area contributed by atoms with Crippen LogP contribution >= 0.6 is 15.9 Å². The van der Waals surface area contributed by atoms with Crippen molar-refractivity contribution < 1.29 is 4.39 Å². The smallest absolute Gasteiger partial charge is 0.164 e. The maximum atomic E-state index is 14.3. The molecule has 0 unspecified atom stereocenters. The van der Waals surface area contributed by atoms with Gasteiger partial charge in [-0.2, -0.15) is 10.4 Å². The van der Waals surface area contributed by atoms with E-state index < -0.39 is 5.82 Å². The van der Waals surface area contributed by atoms with E-state index in [0.29, 0.717) is 5.69 Å². The summed E-state index contributed by atoms with van der Waals surface area (Å²) >= 11 is 3.12. The molecule has 0 saturated carbocycles. The van der Waals surface area contributed by atoms with Crippen molar-refractivity contribution in [3.63, 3.8) is 0 Å². The average molecular weight is 322 g/mol. The second-order valence-corrected chi connectivity index (χ2v) is 4.91. The molecular formula is C14H13BrFN3. The van der Waals surface area contributed by atoms with Crippen LogP contribution in [0.3, 0.4) is 0 Å². The van der Waals surface area contributed by atoms with Crippen molar-refractivity contribution in [3.8, 4) is 11.8 Å². The van der Waals surface area contributed by atoms with Crippen molar-refractivity contribution in [1.82, 2.24) is 9.78 Å². The van der Waals surface area contributed by atoms with Gasteiger partial charge in [-0.25, -0.2) is 9.07 Å². The van der Waals surface area contributed by atoms with Gasteiger partial charge in [-0.05, 0) is 47.0 Å². The summed E-state index contributed by atoms with van der Waals surface area (Å²) in [5, 5.41) is 13.3. The highest BCUT2D eigenvalue weighted by molar-refractivity contribution is 9.10. The van der Waals surface area contributed by atoms with Gasteiger partial charge in [0.05, 0.1) is 15.7 Å². The van der Waals surface area contributed by atoms with Crippen LogP contribution in [0.5, 0.6) is 0 Å². The van der Waals surface area contributed by atoms with Gasteiger partial charge in [0, 0.05) is 5.69 Å². The van der Waals surface area contributed by atoms with Gasteiger partial charge < -0.3 is 0 Å². The van der Waals surface area contributed by atoms with E-state index in [0.717, 1.165) is 24.2 Å². The molecule has 0 bridgehead atoms. The zero-order valence-electron chi connectivity index (χ0n) is 10.7. The second kappa shape index (κ2) is 5.54. The van der Waals surface area contributed by atoms with Crippen LogP contribution in [0.4, 0.5) is 4.39 Å². The zero-order valence-corrected chi connectivity index (χ0v) is 12.3. The summed E-state index contributed by atoms with van der Waals surface area (Å²) in [6, 6.07) is 7.10. The molecule has 0 aliphatic carbocycles. The van der Waals surface area contributed by atoms with Gasteiger partial charge in [0.1, 0.15) is 11.8 Å². The molecule has 98 valence electrons. The molecule has 3 nitrogen and oxygen atoms in total. The molecular weight excluding hydrogens is 309 g/mol. The van der Waals surface area contributed by atoms with Crippen molar-refractivity contribution in [2.24, 2.45) is 0 Å². The van der Waals surface area contributed by atoms with E-state index in [1.807, 2.05) is 26.0 Å². The van der Waals surface area contributed by atoms with Gasteiger partial charge in [0.15, 0.2) is 5.82 Å². The lowest BCUT2D eigenvalue weighted by atomic mass is 10.2. The minimum atomic E-state index is -0.459. The van der Waals surface area contributed by atoms with Crippen LogP contribution in [-0.2, 0) is 12.8 Å². The predicted molar refractivity (Wildman–Crippen MR) is 74.7 cm³/mol. The van der Waals surface area contributed by atoms with Gasteiger partial charge >= 0.3 is 0 Å². The third-order valence-corrected chi connectivity index (χ3v) is 3.74. The van der Waals surface area contributed by atoms with Crippen molar-refractivity contribution in [2.75, 3.05) is 0 Å². The molecule has 0 amide bonds. The van der Waals surface area contributed by atoms with E-state index in [9.17, 15) is 4.39 Å². The van der Waals surface area contributed by atoms with Crippen molar-refractivity contribution >= 4 is 15.9 Å². The van der Waals surface area contributed by atoms with Crippen LogP contribution in [0.1, 0.15) is 30.8 Å². The number of hydrogen-bond acceptors (Lipinski definition) is 2. The Bertz CT molecular complexity index is 655. The van der Waals surface area contributed by atoms with E-state index in [1.165, 1.54) is 0 Å². The van der Waals surface area contributed by atoms with Gasteiger partial charge in [-0.1, -0.05) is 13.8 Å². The maximum absolute atomic E-state index is 14.3. The van der Waals surface area contributed by atoms with Gasteiger partial charge in [-0.3, -0.25) is 0 Å². The Labute approximate surface area is 119 Å². The summed E-state index contributed by atoms with van der Waals surface area (Å²) in [4.78, 5) is 0. The fraction of sp³-hybridized carbons (Fsp3) is 0.286. The molecule has 2 rings (SSSR count). The molecule has 1 heterocycles. The summed E-state index contributed by atoms with van der Waals surface area (Å²) in [5.74, 6) is -0.459. The predicted octanol–water partition coefficient (Wildman–Crippen LogP) is 3.77. The first-order valence-corrected chi connectivity index (χ1v) is 6.87. The Hall–Kier alpha value is -1.67. The Kier molecular flexibility index (Phi) is 4.01. The normalized spacial score (nSPS) is 10.5. The molecule has 0 aliphatic rings. The molecule has 2 aromatic rings. The molecule has 0 atom stereocenters. The van der Waals surface area contributed by atoms with Gasteiger partial charge in [0.25, 0.3) is 0 Å². The summed E-state index contributed by atoms with van der Waals surface area (Å²) in [5.41, 5.74) is 2.52. The topological polar surface area (TPSA) is 41.6 Å². The molecule has 5 heteroatoms. The SMILES string of the molecule is CCc1cc(CC)n(-c2ccc(C#N)c(Br)c2F)n1. The lowest BCUT2D eigenvalue weighted by molar-refractivity contribution is 0.599. The largest absolute Gasteiger partial charge is 0.235 e. The molecule has 0 radical (unpaired) electrons. The third-order valence-electron chi connectivity index (χ3n) is 2.97. The molecule has 19 heavy (non-hydrogen) atoms. The average Bonchev–Trinajstić information content (AvgIpc) is 2.85. The highest BCUT2D eigenvalue weighted by Crippen LogP contribution is 2.26. The Balaban J connectivity index is 2.63. The standard InChI is InChI=1S/C14H13BrFN3/c1-3-10-7-11(4-2)19(18-10)12-6-5-9(8-17)13(15)14(12)16/h5-7H,3-4H2,1-2H3. The van der Waals surface area contributed by atoms with E-state index in [-0.39, 0.29) is 10.0 Å². The highest BCUT2D eigenvalue weighted by atomic mass is 79.9. The van der Waals surface area contributed by atoms with Crippen molar-refractivity contribution in [1.29, 1.82) is 5.26 Å². The van der Waals surface area contributed by atoms with Gasteiger partial charge in [-0.15, -0.1) is 0 Å². The number of halogens is 2. The monoisotopic (exact) mass is 321 g/mol. The number of aromatic nitrogens is 2. The van der Waals surface area contributed by atoms with Crippen LogP contribution in [-0.4, -0.2) is 9.78 Å². The fourth-order valence-corrected chi connectivity index (χ4v) is 2.32. The molecule has 0 aliphatic heterocycles. The number of benzene rings is 1. The summed E-state index contributed by atoms with van der Waals surface area (Å²) in [6.07, 6.45) is 1.57. The van der Waals surface area contributed by atoms with Crippen molar-refractivity contribution in [3.05, 3.63) is 45.4 Å². The van der Waals surface area contributed by atoms with E-state index in [2.05, 4.69) is 21.0 Å². The molecule has 1 aromatic carbocycles. The first-order valence-electron chi connectivity index (χ1n) is 6.08. The minimum absolute atomic E-state index is 0.183. The summed E-state index contributed by atoms with van der Waals surface area (Å²) in [7, 11) is 0. The molecule has 0 fully saturated rings. The van der Waals surface area contributed by atoms with Crippen LogP contribution in [0.2, 0.25) is 0 Å². The quantitative estimate of drug-likeness (QED) is 0.863.